The summed E-state index contributed by atoms with van der Waals surface area (Å²) in [6.07, 6.45) is 4.12. The van der Waals surface area contributed by atoms with Crippen LogP contribution in [0.1, 0.15) is 22.4 Å². The zero-order valence-electron chi connectivity index (χ0n) is 13.1. The number of benzene rings is 1. The quantitative estimate of drug-likeness (QED) is 0.804. The molecule has 2 heterocycles. The van der Waals surface area contributed by atoms with Gasteiger partial charge in [0.15, 0.2) is 0 Å². The summed E-state index contributed by atoms with van der Waals surface area (Å²) < 4.78 is 1.95. The van der Waals surface area contributed by atoms with Gasteiger partial charge in [-0.2, -0.15) is 0 Å². The van der Waals surface area contributed by atoms with Crippen molar-refractivity contribution in [1.82, 2.24) is 9.38 Å². The van der Waals surface area contributed by atoms with Crippen molar-refractivity contribution in [2.24, 2.45) is 0 Å². The molecule has 0 radical (unpaired) electrons. The number of amides is 1. The van der Waals surface area contributed by atoms with Crippen LogP contribution in [0.4, 0.5) is 5.69 Å². The maximum absolute atomic E-state index is 12.2. The number of hydrogen-bond donors (Lipinski definition) is 1. The van der Waals surface area contributed by atoms with Crippen LogP contribution in [-0.4, -0.2) is 15.3 Å². The lowest BCUT2D eigenvalue weighted by Crippen LogP contribution is -2.14. The highest BCUT2D eigenvalue weighted by Gasteiger charge is 2.09. The summed E-state index contributed by atoms with van der Waals surface area (Å²) in [7, 11) is 0. The number of anilines is 1. The van der Waals surface area contributed by atoms with Gasteiger partial charge in [0, 0.05) is 18.1 Å². The van der Waals surface area contributed by atoms with E-state index in [0.717, 1.165) is 22.6 Å². The van der Waals surface area contributed by atoms with Crippen LogP contribution in [0.2, 0.25) is 0 Å². The van der Waals surface area contributed by atoms with Crippen molar-refractivity contribution in [3.05, 3.63) is 65.1 Å². The van der Waals surface area contributed by atoms with E-state index in [1.165, 1.54) is 11.1 Å². The van der Waals surface area contributed by atoms with E-state index >= 15 is 0 Å². The monoisotopic (exact) mass is 293 g/mol. The molecule has 0 saturated carbocycles. The molecule has 0 aliphatic carbocycles. The maximum Gasteiger partial charge on any atom is 0.230 e. The molecule has 112 valence electrons. The van der Waals surface area contributed by atoms with Crippen molar-refractivity contribution in [2.75, 3.05) is 5.32 Å². The summed E-state index contributed by atoms with van der Waals surface area (Å²) in [6.45, 7) is 6.11. The van der Waals surface area contributed by atoms with Crippen molar-refractivity contribution in [1.29, 1.82) is 0 Å². The Bertz CT molecular complexity index is 849. The molecule has 0 aliphatic heterocycles. The molecule has 22 heavy (non-hydrogen) atoms. The number of hydrogen-bond acceptors (Lipinski definition) is 2. The van der Waals surface area contributed by atoms with E-state index in [2.05, 4.69) is 17.2 Å². The SMILES string of the molecule is Cc1ccc(NC(=O)Cc2cn3cccc(C)c3n2)cc1C. The van der Waals surface area contributed by atoms with Crippen LogP contribution in [0.25, 0.3) is 5.65 Å². The minimum atomic E-state index is -0.0516. The van der Waals surface area contributed by atoms with Gasteiger partial charge in [0.1, 0.15) is 5.65 Å². The number of fused-ring (bicyclic) bond motifs is 1. The van der Waals surface area contributed by atoms with Crippen LogP contribution in [0.15, 0.2) is 42.7 Å². The number of rotatable bonds is 3. The first-order valence-corrected chi connectivity index (χ1v) is 7.33. The number of nitrogens with one attached hydrogen (secondary N) is 1. The van der Waals surface area contributed by atoms with Gasteiger partial charge in [0.2, 0.25) is 5.91 Å². The molecule has 1 aromatic carbocycles. The lowest BCUT2D eigenvalue weighted by Gasteiger charge is -2.06. The molecule has 0 aliphatic rings. The number of pyridine rings is 1. The molecule has 1 amide bonds. The number of imidazole rings is 1. The molecule has 0 fully saturated rings. The minimum Gasteiger partial charge on any atom is -0.326 e. The average molecular weight is 293 g/mol. The Labute approximate surface area is 129 Å². The molecule has 2 aromatic heterocycles. The van der Waals surface area contributed by atoms with E-state index in [4.69, 9.17) is 0 Å². The van der Waals surface area contributed by atoms with Crippen molar-refractivity contribution in [3.63, 3.8) is 0 Å². The molecule has 0 atom stereocenters. The predicted molar refractivity (Wildman–Crippen MR) is 88.2 cm³/mol. The Morgan fingerprint density at radius 2 is 1.95 bits per heavy atom. The maximum atomic E-state index is 12.2. The van der Waals surface area contributed by atoms with Crippen LogP contribution in [0.3, 0.4) is 0 Å². The van der Waals surface area contributed by atoms with Crippen molar-refractivity contribution < 1.29 is 4.79 Å². The lowest BCUT2D eigenvalue weighted by atomic mass is 10.1. The Balaban J connectivity index is 1.75. The zero-order chi connectivity index (χ0) is 15.7. The smallest absolute Gasteiger partial charge is 0.230 e. The Morgan fingerprint density at radius 1 is 1.14 bits per heavy atom. The van der Waals surface area contributed by atoms with E-state index in [1.54, 1.807) is 0 Å². The summed E-state index contributed by atoms with van der Waals surface area (Å²) in [5.74, 6) is -0.0516. The number of carbonyl (C=O) groups is 1. The topological polar surface area (TPSA) is 46.4 Å². The zero-order valence-corrected chi connectivity index (χ0v) is 13.1. The fraction of sp³-hybridized carbons (Fsp3) is 0.222. The first kappa shape index (κ1) is 14.3. The summed E-state index contributed by atoms with van der Waals surface area (Å²) >= 11 is 0. The molecular formula is C18H19N3O. The van der Waals surface area contributed by atoms with Gasteiger partial charge in [-0.1, -0.05) is 12.1 Å². The lowest BCUT2D eigenvalue weighted by molar-refractivity contribution is -0.115. The van der Waals surface area contributed by atoms with Crippen molar-refractivity contribution >= 4 is 17.2 Å². The molecule has 0 saturated heterocycles. The normalized spacial score (nSPS) is 10.9. The van der Waals surface area contributed by atoms with E-state index in [-0.39, 0.29) is 12.3 Å². The fourth-order valence-corrected chi connectivity index (χ4v) is 2.48. The summed E-state index contributed by atoms with van der Waals surface area (Å²) in [4.78, 5) is 16.7. The van der Waals surface area contributed by atoms with Crippen LogP contribution >= 0.6 is 0 Å². The molecule has 3 rings (SSSR count). The number of carbonyl (C=O) groups excluding carboxylic acids is 1. The van der Waals surface area contributed by atoms with Crippen LogP contribution in [0.5, 0.6) is 0 Å². The molecule has 0 bridgehead atoms. The summed E-state index contributed by atoms with van der Waals surface area (Å²) in [5.41, 5.74) is 5.98. The van der Waals surface area contributed by atoms with Gasteiger partial charge in [-0.3, -0.25) is 4.79 Å². The third kappa shape index (κ3) is 2.86. The van der Waals surface area contributed by atoms with Gasteiger partial charge < -0.3 is 9.72 Å². The second kappa shape index (κ2) is 5.64. The summed E-state index contributed by atoms with van der Waals surface area (Å²) in [5, 5.41) is 2.93. The standard InChI is InChI=1S/C18H19N3O/c1-12-6-7-15(9-14(12)3)19-17(22)10-16-11-21-8-4-5-13(2)18(21)20-16/h4-9,11H,10H2,1-3H3,(H,19,22). The average Bonchev–Trinajstić information content (AvgIpc) is 2.87. The first-order valence-electron chi connectivity index (χ1n) is 7.33. The van der Waals surface area contributed by atoms with E-state index in [0.29, 0.717) is 0 Å². The third-order valence-corrected chi connectivity index (χ3v) is 3.86. The van der Waals surface area contributed by atoms with E-state index < -0.39 is 0 Å². The van der Waals surface area contributed by atoms with Crippen LogP contribution < -0.4 is 5.32 Å². The first-order chi connectivity index (χ1) is 10.5. The fourth-order valence-electron chi connectivity index (χ4n) is 2.48. The van der Waals surface area contributed by atoms with Crippen LogP contribution in [0, 0.1) is 20.8 Å². The molecular weight excluding hydrogens is 274 g/mol. The number of aromatic nitrogens is 2. The van der Waals surface area contributed by atoms with Gasteiger partial charge in [0.25, 0.3) is 0 Å². The van der Waals surface area contributed by atoms with E-state index in [1.807, 2.05) is 61.0 Å². The molecule has 3 aromatic rings. The van der Waals surface area contributed by atoms with Gasteiger partial charge in [0.05, 0.1) is 12.1 Å². The molecule has 4 heteroatoms. The largest absolute Gasteiger partial charge is 0.326 e. The van der Waals surface area contributed by atoms with Crippen molar-refractivity contribution in [3.8, 4) is 0 Å². The highest BCUT2D eigenvalue weighted by atomic mass is 16.1. The summed E-state index contributed by atoms with van der Waals surface area (Å²) in [6, 6.07) is 9.92. The van der Waals surface area contributed by atoms with Crippen LogP contribution in [-0.2, 0) is 11.2 Å². The molecule has 0 spiro atoms. The van der Waals surface area contributed by atoms with Gasteiger partial charge in [-0.05, 0) is 55.7 Å². The molecule has 1 N–H and O–H groups in total. The number of nitrogens with zero attached hydrogens (tertiary/aromatic N) is 2. The third-order valence-electron chi connectivity index (χ3n) is 3.86. The Kier molecular flexibility index (Phi) is 3.67. The Hall–Kier alpha value is -2.62. The van der Waals surface area contributed by atoms with E-state index in [9.17, 15) is 4.79 Å². The second-order valence-corrected chi connectivity index (χ2v) is 5.68. The second-order valence-electron chi connectivity index (χ2n) is 5.68. The highest BCUT2D eigenvalue weighted by molar-refractivity contribution is 5.92. The van der Waals surface area contributed by atoms with Gasteiger partial charge in [-0.25, -0.2) is 4.98 Å². The van der Waals surface area contributed by atoms with Crippen molar-refractivity contribution in [2.45, 2.75) is 27.2 Å². The van der Waals surface area contributed by atoms with Gasteiger partial charge in [-0.15, -0.1) is 0 Å². The Morgan fingerprint density at radius 3 is 2.68 bits per heavy atom. The molecule has 4 nitrogen and oxygen atoms in total. The minimum absolute atomic E-state index is 0.0516. The molecule has 0 unspecified atom stereocenters. The number of aryl methyl sites for hydroxylation is 3. The highest BCUT2D eigenvalue weighted by Crippen LogP contribution is 2.15. The predicted octanol–water partition coefficient (Wildman–Crippen LogP) is 3.44. The van der Waals surface area contributed by atoms with Gasteiger partial charge >= 0.3 is 0 Å².